The third-order valence-corrected chi connectivity index (χ3v) is 1.90. The number of hydrogen-bond donors (Lipinski definition) is 1. The fourth-order valence-corrected chi connectivity index (χ4v) is 1.19. The van der Waals surface area contributed by atoms with E-state index < -0.39 is 12.8 Å². The maximum Gasteiger partial charge on any atom is 0.422 e. The highest BCUT2D eigenvalue weighted by molar-refractivity contribution is 5.08. The first-order valence-corrected chi connectivity index (χ1v) is 5.58. The molecule has 0 aliphatic heterocycles. The zero-order valence-corrected chi connectivity index (χ0v) is 10.3. The molecule has 0 atom stereocenters. The van der Waals surface area contributed by atoms with E-state index in [9.17, 15) is 13.2 Å². The van der Waals surface area contributed by atoms with Crippen molar-refractivity contribution in [3.63, 3.8) is 0 Å². The first kappa shape index (κ1) is 14.7. The van der Waals surface area contributed by atoms with Gasteiger partial charge in [-0.05, 0) is 12.5 Å². The minimum absolute atomic E-state index is 0.115. The standard InChI is InChI=1S/C11H16F3N3O/c1-8(2)3-15-4-9-5-16-6-10(17-9)18-7-11(12,13)14/h5-6,8,15H,3-4,7H2,1-2H3. The molecule has 0 spiro atoms. The molecule has 1 aromatic rings. The van der Waals surface area contributed by atoms with E-state index in [1.54, 1.807) is 0 Å². The molecule has 0 saturated carbocycles. The summed E-state index contributed by atoms with van der Waals surface area (Å²) >= 11 is 0. The van der Waals surface area contributed by atoms with Crippen molar-refractivity contribution >= 4 is 0 Å². The number of nitrogens with one attached hydrogen (secondary N) is 1. The van der Waals surface area contributed by atoms with Gasteiger partial charge >= 0.3 is 6.18 Å². The lowest BCUT2D eigenvalue weighted by molar-refractivity contribution is -0.154. The topological polar surface area (TPSA) is 47.0 Å². The molecular formula is C11H16F3N3O. The Morgan fingerprint density at radius 3 is 2.67 bits per heavy atom. The van der Waals surface area contributed by atoms with Gasteiger partial charge in [-0.1, -0.05) is 13.8 Å². The van der Waals surface area contributed by atoms with Crippen LogP contribution in [0.3, 0.4) is 0 Å². The van der Waals surface area contributed by atoms with Gasteiger partial charge in [0.05, 0.1) is 11.9 Å². The second kappa shape index (κ2) is 6.53. The van der Waals surface area contributed by atoms with Gasteiger partial charge in [-0.15, -0.1) is 0 Å². The van der Waals surface area contributed by atoms with Crippen LogP contribution in [-0.2, 0) is 6.54 Å². The summed E-state index contributed by atoms with van der Waals surface area (Å²) in [6.07, 6.45) is -1.71. The van der Waals surface area contributed by atoms with Crippen LogP contribution >= 0.6 is 0 Å². The molecule has 0 saturated heterocycles. The van der Waals surface area contributed by atoms with Gasteiger partial charge in [0, 0.05) is 12.7 Å². The normalized spacial score (nSPS) is 11.9. The molecular weight excluding hydrogens is 247 g/mol. The fraction of sp³-hybridized carbons (Fsp3) is 0.636. The van der Waals surface area contributed by atoms with Crippen molar-refractivity contribution < 1.29 is 17.9 Å². The molecule has 1 aromatic heterocycles. The molecule has 0 amide bonds. The molecule has 0 aliphatic rings. The van der Waals surface area contributed by atoms with Crippen molar-refractivity contribution in [1.82, 2.24) is 15.3 Å². The van der Waals surface area contributed by atoms with Crippen molar-refractivity contribution in [2.75, 3.05) is 13.2 Å². The van der Waals surface area contributed by atoms with Crippen LogP contribution in [0.15, 0.2) is 12.4 Å². The quantitative estimate of drug-likeness (QED) is 0.854. The lowest BCUT2D eigenvalue weighted by atomic mass is 10.2. The number of ether oxygens (including phenoxy) is 1. The van der Waals surface area contributed by atoms with Gasteiger partial charge in [0.2, 0.25) is 5.88 Å². The molecule has 18 heavy (non-hydrogen) atoms. The average molecular weight is 263 g/mol. The summed E-state index contributed by atoms with van der Waals surface area (Å²) in [5.74, 6) is 0.374. The van der Waals surface area contributed by atoms with Gasteiger partial charge in [0.1, 0.15) is 0 Å². The van der Waals surface area contributed by atoms with E-state index in [0.717, 1.165) is 12.7 Å². The zero-order valence-electron chi connectivity index (χ0n) is 10.3. The predicted molar refractivity (Wildman–Crippen MR) is 60.1 cm³/mol. The van der Waals surface area contributed by atoms with Gasteiger partial charge in [-0.2, -0.15) is 13.2 Å². The molecule has 0 unspecified atom stereocenters. The van der Waals surface area contributed by atoms with Crippen molar-refractivity contribution in [1.29, 1.82) is 0 Å². The maximum absolute atomic E-state index is 11.9. The monoisotopic (exact) mass is 263 g/mol. The van der Waals surface area contributed by atoms with E-state index in [4.69, 9.17) is 0 Å². The predicted octanol–water partition coefficient (Wildman–Crippen LogP) is 2.16. The minimum Gasteiger partial charge on any atom is -0.467 e. The largest absolute Gasteiger partial charge is 0.467 e. The van der Waals surface area contributed by atoms with Crippen molar-refractivity contribution in [2.24, 2.45) is 5.92 Å². The number of halogens is 3. The van der Waals surface area contributed by atoms with E-state index in [1.807, 2.05) is 0 Å². The van der Waals surface area contributed by atoms with Crippen molar-refractivity contribution in [2.45, 2.75) is 26.6 Å². The molecule has 0 aliphatic carbocycles. The van der Waals surface area contributed by atoms with Gasteiger partial charge in [0.15, 0.2) is 6.61 Å². The Morgan fingerprint density at radius 1 is 1.33 bits per heavy atom. The van der Waals surface area contributed by atoms with Crippen LogP contribution in [0.25, 0.3) is 0 Å². The Labute approximate surface area is 104 Å². The summed E-state index contributed by atoms with van der Waals surface area (Å²) in [6.45, 7) is 4.01. The molecule has 1 N–H and O–H groups in total. The second-order valence-electron chi connectivity index (χ2n) is 4.28. The highest BCUT2D eigenvalue weighted by Gasteiger charge is 2.28. The zero-order chi connectivity index (χ0) is 13.6. The molecule has 4 nitrogen and oxygen atoms in total. The molecule has 7 heteroatoms. The van der Waals surface area contributed by atoms with Gasteiger partial charge in [0.25, 0.3) is 0 Å². The van der Waals surface area contributed by atoms with Crippen LogP contribution in [0, 0.1) is 5.92 Å². The highest BCUT2D eigenvalue weighted by atomic mass is 19.4. The third kappa shape index (κ3) is 6.39. The van der Waals surface area contributed by atoms with Gasteiger partial charge in [-0.3, -0.25) is 4.98 Å². The van der Waals surface area contributed by atoms with E-state index >= 15 is 0 Å². The number of rotatable bonds is 6. The van der Waals surface area contributed by atoms with E-state index in [2.05, 4.69) is 33.9 Å². The average Bonchev–Trinajstić information content (AvgIpc) is 2.26. The summed E-state index contributed by atoms with van der Waals surface area (Å²) < 4.78 is 40.4. The molecule has 1 rings (SSSR count). The Kier molecular flexibility index (Phi) is 5.33. The lowest BCUT2D eigenvalue weighted by Gasteiger charge is -2.10. The first-order valence-electron chi connectivity index (χ1n) is 5.58. The fourth-order valence-electron chi connectivity index (χ4n) is 1.19. The summed E-state index contributed by atoms with van der Waals surface area (Å²) in [6, 6.07) is 0. The first-order chi connectivity index (χ1) is 8.37. The summed E-state index contributed by atoms with van der Waals surface area (Å²) in [4.78, 5) is 7.71. The van der Waals surface area contributed by atoms with Crippen LogP contribution in [0.1, 0.15) is 19.5 Å². The van der Waals surface area contributed by atoms with Gasteiger partial charge < -0.3 is 10.1 Å². The van der Waals surface area contributed by atoms with Crippen molar-refractivity contribution in [3.8, 4) is 5.88 Å². The van der Waals surface area contributed by atoms with Gasteiger partial charge in [-0.25, -0.2) is 4.98 Å². The number of hydrogen-bond acceptors (Lipinski definition) is 4. The lowest BCUT2D eigenvalue weighted by Crippen LogP contribution is -2.21. The van der Waals surface area contributed by atoms with Crippen molar-refractivity contribution in [3.05, 3.63) is 18.1 Å². The molecule has 0 radical (unpaired) electrons. The molecule has 0 fully saturated rings. The maximum atomic E-state index is 11.9. The van der Waals surface area contributed by atoms with Crippen LogP contribution in [0.4, 0.5) is 13.2 Å². The summed E-state index contributed by atoms with van der Waals surface area (Å²) in [7, 11) is 0. The Bertz CT molecular complexity index is 369. The van der Waals surface area contributed by atoms with E-state index in [-0.39, 0.29) is 5.88 Å². The minimum atomic E-state index is -4.37. The summed E-state index contributed by atoms with van der Waals surface area (Å²) in [5, 5.41) is 3.12. The van der Waals surface area contributed by atoms with Crippen LogP contribution in [0.5, 0.6) is 5.88 Å². The number of nitrogens with zero attached hydrogens (tertiary/aromatic N) is 2. The highest BCUT2D eigenvalue weighted by Crippen LogP contribution is 2.16. The van der Waals surface area contributed by atoms with E-state index in [1.165, 1.54) is 6.20 Å². The van der Waals surface area contributed by atoms with Crippen LogP contribution in [-0.4, -0.2) is 29.3 Å². The Hall–Kier alpha value is -1.37. The smallest absolute Gasteiger partial charge is 0.422 e. The molecule has 1 heterocycles. The SMILES string of the molecule is CC(C)CNCc1cncc(OCC(F)(F)F)n1. The Morgan fingerprint density at radius 2 is 2.06 bits per heavy atom. The van der Waals surface area contributed by atoms with Crippen LogP contribution in [0.2, 0.25) is 0 Å². The number of alkyl halides is 3. The Balaban J connectivity index is 2.46. The number of aromatic nitrogens is 2. The van der Waals surface area contributed by atoms with Crippen LogP contribution < -0.4 is 10.1 Å². The summed E-state index contributed by atoms with van der Waals surface area (Å²) in [5.41, 5.74) is 0.551. The molecule has 102 valence electrons. The molecule has 0 bridgehead atoms. The van der Waals surface area contributed by atoms with E-state index in [0.29, 0.717) is 18.2 Å². The third-order valence-electron chi connectivity index (χ3n) is 1.90. The molecule has 0 aromatic carbocycles. The second-order valence-corrected chi connectivity index (χ2v) is 4.28.